The zero-order valence-electron chi connectivity index (χ0n) is 14.7. The zero-order valence-corrected chi connectivity index (χ0v) is 15.5. The summed E-state index contributed by atoms with van der Waals surface area (Å²) in [4.78, 5) is 4.68. The van der Waals surface area contributed by atoms with Crippen molar-refractivity contribution >= 4 is 21.6 Å². The Morgan fingerprint density at radius 3 is 2.74 bits per heavy atom. The van der Waals surface area contributed by atoms with Crippen molar-refractivity contribution in [2.24, 2.45) is 0 Å². The molecule has 2 N–H and O–H groups in total. The van der Waals surface area contributed by atoms with Crippen LogP contribution >= 0.6 is 11.3 Å². The summed E-state index contributed by atoms with van der Waals surface area (Å²) < 4.78 is 14.4. The van der Waals surface area contributed by atoms with Gasteiger partial charge in [0.05, 0.1) is 10.2 Å². The first-order chi connectivity index (χ1) is 13.2. The lowest BCUT2D eigenvalue weighted by atomic mass is 10.1. The van der Waals surface area contributed by atoms with Crippen LogP contribution in [0.4, 0.5) is 4.39 Å². The summed E-state index contributed by atoms with van der Waals surface area (Å²) in [6.45, 7) is 1.24. The second-order valence-corrected chi connectivity index (χ2v) is 7.42. The molecule has 0 radical (unpaired) electrons. The number of hydrogen-bond acceptors (Lipinski definition) is 4. The van der Waals surface area contributed by atoms with E-state index < -0.39 is 0 Å². The molecule has 27 heavy (non-hydrogen) atoms. The molecule has 0 bridgehead atoms. The Morgan fingerprint density at radius 1 is 1.00 bits per heavy atom. The van der Waals surface area contributed by atoms with E-state index in [1.54, 1.807) is 29.5 Å². The predicted molar refractivity (Wildman–Crippen MR) is 109 cm³/mol. The van der Waals surface area contributed by atoms with Gasteiger partial charge >= 0.3 is 0 Å². The predicted octanol–water partition coefficient (Wildman–Crippen LogP) is 5.14. The summed E-state index contributed by atoms with van der Waals surface area (Å²) in [5.41, 5.74) is 3.76. The van der Waals surface area contributed by atoms with E-state index >= 15 is 0 Å². The van der Waals surface area contributed by atoms with Gasteiger partial charge in [-0.25, -0.2) is 9.37 Å². The quantitative estimate of drug-likeness (QED) is 0.457. The van der Waals surface area contributed by atoms with Crippen molar-refractivity contribution in [3.8, 4) is 16.3 Å². The SMILES string of the molecule is Oc1ccc(-c2nc3ccccc3s2)cc1CNCCc1cccc(F)c1. The van der Waals surface area contributed by atoms with Crippen LogP contribution in [0.2, 0.25) is 0 Å². The molecule has 0 atom stereocenters. The number of halogens is 1. The van der Waals surface area contributed by atoms with E-state index in [0.717, 1.165) is 38.3 Å². The highest BCUT2D eigenvalue weighted by molar-refractivity contribution is 7.21. The number of aromatic nitrogens is 1. The highest BCUT2D eigenvalue weighted by atomic mass is 32.1. The number of fused-ring (bicyclic) bond motifs is 1. The first kappa shape index (κ1) is 17.6. The van der Waals surface area contributed by atoms with Crippen molar-refractivity contribution in [3.05, 3.63) is 83.7 Å². The third kappa shape index (κ3) is 4.15. The number of nitrogens with one attached hydrogen (secondary N) is 1. The Balaban J connectivity index is 1.44. The average molecular weight is 378 g/mol. The van der Waals surface area contributed by atoms with Crippen LogP contribution in [0.25, 0.3) is 20.8 Å². The van der Waals surface area contributed by atoms with Crippen LogP contribution in [0.3, 0.4) is 0 Å². The molecular weight excluding hydrogens is 359 g/mol. The maximum Gasteiger partial charge on any atom is 0.124 e. The van der Waals surface area contributed by atoms with Crippen molar-refractivity contribution in [1.29, 1.82) is 0 Å². The maximum atomic E-state index is 13.2. The summed E-state index contributed by atoms with van der Waals surface area (Å²) in [5, 5.41) is 14.4. The number of thiazole rings is 1. The molecule has 0 saturated heterocycles. The fraction of sp³-hybridized carbons (Fsp3) is 0.136. The van der Waals surface area contributed by atoms with Gasteiger partial charge in [0.1, 0.15) is 16.6 Å². The summed E-state index contributed by atoms with van der Waals surface area (Å²) in [6.07, 6.45) is 0.732. The third-order valence-electron chi connectivity index (χ3n) is 4.42. The van der Waals surface area contributed by atoms with Crippen molar-refractivity contribution in [2.75, 3.05) is 6.54 Å². The molecule has 3 aromatic carbocycles. The molecule has 136 valence electrons. The van der Waals surface area contributed by atoms with Gasteiger partial charge in [0, 0.05) is 17.7 Å². The van der Waals surface area contributed by atoms with Gasteiger partial charge in [-0.1, -0.05) is 24.3 Å². The Morgan fingerprint density at radius 2 is 1.89 bits per heavy atom. The molecule has 4 rings (SSSR count). The number of benzene rings is 3. The molecule has 3 nitrogen and oxygen atoms in total. The molecule has 1 heterocycles. The van der Waals surface area contributed by atoms with E-state index in [9.17, 15) is 9.50 Å². The number of phenols is 1. The molecule has 0 fully saturated rings. The Labute approximate surface area is 161 Å². The van der Waals surface area contributed by atoms with Gasteiger partial charge in [0.2, 0.25) is 0 Å². The summed E-state index contributed by atoms with van der Waals surface area (Å²) in [7, 11) is 0. The Kier molecular flexibility index (Phi) is 5.14. The second kappa shape index (κ2) is 7.86. The monoisotopic (exact) mass is 378 g/mol. The number of rotatable bonds is 6. The highest BCUT2D eigenvalue weighted by Gasteiger charge is 2.09. The van der Waals surface area contributed by atoms with E-state index in [1.807, 2.05) is 36.4 Å². The second-order valence-electron chi connectivity index (χ2n) is 6.39. The number of aromatic hydroxyl groups is 1. The molecule has 0 aliphatic carbocycles. The van der Waals surface area contributed by atoms with Crippen LogP contribution in [-0.2, 0) is 13.0 Å². The number of nitrogens with zero attached hydrogens (tertiary/aromatic N) is 1. The minimum absolute atomic E-state index is 0.214. The molecule has 0 aliphatic heterocycles. The number of phenolic OH excluding ortho intramolecular Hbond substituents is 1. The first-order valence-corrected chi connectivity index (χ1v) is 9.64. The lowest BCUT2D eigenvalue weighted by Crippen LogP contribution is -2.16. The van der Waals surface area contributed by atoms with Gasteiger partial charge < -0.3 is 10.4 Å². The van der Waals surface area contributed by atoms with Crippen LogP contribution in [0.5, 0.6) is 5.75 Å². The molecule has 0 saturated carbocycles. The maximum absolute atomic E-state index is 13.2. The fourth-order valence-corrected chi connectivity index (χ4v) is 3.97. The standard InChI is InChI=1S/C22H19FN2OS/c23-18-5-3-4-15(12-18)10-11-24-14-17-13-16(8-9-20(17)26)22-25-19-6-1-2-7-21(19)27-22/h1-9,12-13,24,26H,10-11,14H2. The normalized spacial score (nSPS) is 11.1. The van der Waals surface area contributed by atoms with Crippen LogP contribution in [0.1, 0.15) is 11.1 Å². The zero-order chi connectivity index (χ0) is 18.6. The van der Waals surface area contributed by atoms with E-state index in [-0.39, 0.29) is 11.6 Å². The van der Waals surface area contributed by atoms with Crippen LogP contribution in [0, 0.1) is 5.82 Å². The Hall–Kier alpha value is -2.76. The van der Waals surface area contributed by atoms with Gasteiger partial charge in [0.25, 0.3) is 0 Å². The van der Waals surface area contributed by atoms with Gasteiger partial charge in [-0.3, -0.25) is 0 Å². The van der Waals surface area contributed by atoms with Crippen LogP contribution in [-0.4, -0.2) is 16.6 Å². The summed E-state index contributed by atoms with van der Waals surface area (Å²) >= 11 is 1.64. The molecule has 1 aromatic heterocycles. The van der Waals surface area contributed by atoms with Crippen molar-refractivity contribution in [3.63, 3.8) is 0 Å². The van der Waals surface area contributed by atoms with E-state index in [4.69, 9.17) is 0 Å². The summed E-state index contributed by atoms with van der Waals surface area (Å²) in [5.74, 6) is 0.0480. The average Bonchev–Trinajstić information content (AvgIpc) is 3.11. The fourth-order valence-electron chi connectivity index (χ4n) is 3.00. The summed E-state index contributed by atoms with van der Waals surface area (Å²) in [6, 6.07) is 20.3. The third-order valence-corrected chi connectivity index (χ3v) is 5.50. The minimum atomic E-state index is -0.214. The molecule has 0 aliphatic rings. The molecule has 0 unspecified atom stereocenters. The topological polar surface area (TPSA) is 45.2 Å². The van der Waals surface area contributed by atoms with Crippen molar-refractivity contribution < 1.29 is 9.50 Å². The minimum Gasteiger partial charge on any atom is -0.508 e. The van der Waals surface area contributed by atoms with Crippen molar-refractivity contribution in [1.82, 2.24) is 10.3 Å². The molecule has 0 amide bonds. The lowest BCUT2D eigenvalue weighted by molar-refractivity contribution is 0.464. The van der Waals surface area contributed by atoms with Gasteiger partial charge in [-0.15, -0.1) is 11.3 Å². The molecule has 5 heteroatoms. The highest BCUT2D eigenvalue weighted by Crippen LogP contribution is 2.32. The molecule has 0 spiro atoms. The van der Waals surface area contributed by atoms with E-state index in [1.165, 1.54) is 6.07 Å². The molecular formula is C22H19FN2OS. The van der Waals surface area contributed by atoms with Crippen LogP contribution < -0.4 is 5.32 Å². The van der Waals surface area contributed by atoms with Gasteiger partial charge in [-0.2, -0.15) is 0 Å². The first-order valence-electron chi connectivity index (χ1n) is 8.82. The largest absolute Gasteiger partial charge is 0.508 e. The van der Waals surface area contributed by atoms with E-state index in [0.29, 0.717) is 13.1 Å². The van der Waals surface area contributed by atoms with Crippen LogP contribution in [0.15, 0.2) is 66.7 Å². The molecule has 4 aromatic rings. The van der Waals surface area contributed by atoms with Crippen molar-refractivity contribution in [2.45, 2.75) is 13.0 Å². The number of para-hydroxylation sites is 1. The lowest BCUT2D eigenvalue weighted by Gasteiger charge is -2.09. The van der Waals surface area contributed by atoms with E-state index in [2.05, 4.69) is 16.4 Å². The number of hydrogen-bond donors (Lipinski definition) is 2. The Bertz CT molecular complexity index is 1040. The van der Waals surface area contributed by atoms with Gasteiger partial charge in [0.15, 0.2) is 0 Å². The smallest absolute Gasteiger partial charge is 0.124 e. The van der Waals surface area contributed by atoms with Gasteiger partial charge in [-0.05, 0) is 61.0 Å².